The molecule has 0 aromatic heterocycles. The van der Waals surface area contributed by atoms with Crippen molar-refractivity contribution in [3.8, 4) is 17.2 Å². The Morgan fingerprint density at radius 2 is 1.85 bits per heavy atom. The maximum atomic E-state index is 12.8. The number of benzene rings is 2. The SMILES string of the molecule is CCOC(=O)CCN(CCOc1ccccc1)SN(C)C(=O)Oc1cccc2c1OC(C)(C)C2. The lowest BCUT2D eigenvalue weighted by molar-refractivity contribution is -0.143. The lowest BCUT2D eigenvalue weighted by atomic mass is 10.0. The van der Waals surface area contributed by atoms with E-state index in [9.17, 15) is 9.59 Å². The Hall–Kier alpha value is -2.91. The van der Waals surface area contributed by atoms with Crippen molar-refractivity contribution in [2.45, 2.75) is 39.2 Å². The van der Waals surface area contributed by atoms with Gasteiger partial charge in [0.15, 0.2) is 11.5 Å². The molecule has 0 saturated carbocycles. The molecule has 9 heteroatoms. The third-order valence-corrected chi connectivity index (χ3v) is 5.96. The second-order valence-electron chi connectivity index (χ2n) is 8.38. The fourth-order valence-corrected chi connectivity index (χ4v) is 4.24. The molecule has 1 amide bonds. The molecule has 0 N–H and O–H groups in total. The first-order valence-corrected chi connectivity index (χ1v) is 12.0. The molecule has 0 fully saturated rings. The molecule has 0 atom stereocenters. The van der Waals surface area contributed by atoms with Crippen molar-refractivity contribution in [2.75, 3.05) is 33.4 Å². The number of amides is 1. The van der Waals surface area contributed by atoms with E-state index in [1.165, 1.54) is 4.31 Å². The average Bonchev–Trinajstić information content (AvgIpc) is 3.13. The molecule has 34 heavy (non-hydrogen) atoms. The number of nitrogens with zero attached hydrogens (tertiary/aromatic N) is 2. The first-order chi connectivity index (χ1) is 16.3. The third-order valence-electron chi connectivity index (χ3n) is 4.97. The van der Waals surface area contributed by atoms with E-state index in [0.29, 0.717) is 37.8 Å². The van der Waals surface area contributed by atoms with Crippen molar-refractivity contribution in [2.24, 2.45) is 0 Å². The topological polar surface area (TPSA) is 77.5 Å². The summed E-state index contributed by atoms with van der Waals surface area (Å²) in [4.78, 5) is 24.7. The van der Waals surface area contributed by atoms with Crippen molar-refractivity contribution in [3.63, 3.8) is 0 Å². The van der Waals surface area contributed by atoms with Crippen molar-refractivity contribution in [3.05, 3.63) is 54.1 Å². The Morgan fingerprint density at radius 3 is 2.59 bits per heavy atom. The van der Waals surface area contributed by atoms with Crippen LogP contribution in [-0.4, -0.2) is 59.6 Å². The number of fused-ring (bicyclic) bond motifs is 1. The van der Waals surface area contributed by atoms with Crippen LogP contribution in [0.4, 0.5) is 4.79 Å². The summed E-state index contributed by atoms with van der Waals surface area (Å²) in [7, 11) is 1.62. The summed E-state index contributed by atoms with van der Waals surface area (Å²) in [6.07, 6.45) is 0.405. The molecular formula is C25H32N2O6S. The summed E-state index contributed by atoms with van der Waals surface area (Å²) in [5.41, 5.74) is 0.674. The summed E-state index contributed by atoms with van der Waals surface area (Å²) in [5.74, 6) is 1.47. The van der Waals surface area contributed by atoms with Crippen LogP contribution in [-0.2, 0) is 16.0 Å². The van der Waals surface area contributed by atoms with Crippen LogP contribution in [0.1, 0.15) is 32.8 Å². The van der Waals surface area contributed by atoms with E-state index in [1.54, 1.807) is 20.0 Å². The van der Waals surface area contributed by atoms with Gasteiger partial charge in [-0.25, -0.2) is 13.4 Å². The molecule has 0 saturated heterocycles. The smallest absolute Gasteiger partial charge is 0.426 e. The van der Waals surface area contributed by atoms with E-state index in [0.717, 1.165) is 29.9 Å². The van der Waals surface area contributed by atoms with Gasteiger partial charge in [0.25, 0.3) is 0 Å². The molecule has 1 aliphatic heterocycles. The van der Waals surface area contributed by atoms with Crippen molar-refractivity contribution in [1.82, 2.24) is 8.61 Å². The maximum absolute atomic E-state index is 12.8. The Kier molecular flexibility index (Phi) is 9.06. The summed E-state index contributed by atoms with van der Waals surface area (Å²) >= 11 is 1.16. The average molecular weight is 489 g/mol. The molecule has 0 bridgehead atoms. The van der Waals surface area contributed by atoms with Crippen molar-refractivity contribution < 1.29 is 28.5 Å². The molecule has 184 valence electrons. The Morgan fingerprint density at radius 1 is 1.09 bits per heavy atom. The molecule has 0 aliphatic carbocycles. The van der Waals surface area contributed by atoms with Crippen LogP contribution < -0.4 is 14.2 Å². The minimum Gasteiger partial charge on any atom is -0.492 e. The minimum absolute atomic E-state index is 0.199. The van der Waals surface area contributed by atoms with E-state index in [1.807, 2.05) is 60.6 Å². The van der Waals surface area contributed by atoms with Gasteiger partial charge >= 0.3 is 12.1 Å². The van der Waals surface area contributed by atoms with Gasteiger partial charge in [0.1, 0.15) is 18.0 Å². The van der Waals surface area contributed by atoms with E-state index < -0.39 is 6.09 Å². The zero-order chi connectivity index (χ0) is 24.6. The Balaban J connectivity index is 1.58. The Bertz CT molecular complexity index is 969. The summed E-state index contributed by atoms with van der Waals surface area (Å²) in [5, 5.41) is 0. The van der Waals surface area contributed by atoms with Crippen LogP contribution in [0, 0.1) is 0 Å². The third kappa shape index (κ3) is 7.56. The molecule has 3 rings (SSSR count). The highest BCUT2D eigenvalue weighted by atomic mass is 32.2. The second kappa shape index (κ2) is 12.0. The molecule has 0 unspecified atom stereocenters. The van der Waals surface area contributed by atoms with Crippen molar-refractivity contribution in [1.29, 1.82) is 0 Å². The zero-order valence-electron chi connectivity index (χ0n) is 20.1. The normalized spacial score (nSPS) is 13.7. The predicted octanol–water partition coefficient (Wildman–Crippen LogP) is 4.73. The molecule has 8 nitrogen and oxygen atoms in total. The number of para-hydroxylation sites is 2. The molecule has 2 aromatic carbocycles. The number of rotatable bonds is 11. The number of carbonyl (C=O) groups excluding carboxylic acids is 2. The van der Waals surface area contributed by atoms with Gasteiger partial charge in [0.2, 0.25) is 0 Å². The van der Waals surface area contributed by atoms with Crippen LogP contribution in [0.25, 0.3) is 0 Å². The summed E-state index contributed by atoms with van der Waals surface area (Å²) < 4.78 is 25.7. The molecule has 0 spiro atoms. The molecule has 1 aliphatic rings. The van der Waals surface area contributed by atoms with E-state index in [2.05, 4.69) is 0 Å². The van der Waals surface area contributed by atoms with Crippen LogP contribution >= 0.6 is 12.1 Å². The molecule has 2 aromatic rings. The number of ether oxygens (including phenoxy) is 4. The monoisotopic (exact) mass is 488 g/mol. The largest absolute Gasteiger partial charge is 0.492 e. The number of hydrogen-bond donors (Lipinski definition) is 0. The predicted molar refractivity (Wildman–Crippen MR) is 131 cm³/mol. The Labute approximate surface area is 205 Å². The van der Waals surface area contributed by atoms with E-state index >= 15 is 0 Å². The maximum Gasteiger partial charge on any atom is 0.426 e. The number of carbonyl (C=O) groups is 2. The van der Waals surface area contributed by atoms with Gasteiger partial charge in [-0.05, 0) is 39.0 Å². The quantitative estimate of drug-likeness (QED) is 0.332. The summed E-state index contributed by atoms with van der Waals surface area (Å²) in [6.45, 7) is 7.35. The number of hydrogen-bond acceptors (Lipinski definition) is 8. The lowest BCUT2D eigenvalue weighted by Crippen LogP contribution is -2.33. The minimum atomic E-state index is -0.545. The lowest BCUT2D eigenvalue weighted by Gasteiger charge is -2.25. The van der Waals surface area contributed by atoms with Gasteiger partial charge in [-0.1, -0.05) is 30.3 Å². The van der Waals surface area contributed by atoms with Gasteiger partial charge in [-0.15, -0.1) is 0 Å². The van der Waals surface area contributed by atoms with Gasteiger partial charge in [-0.3, -0.25) is 4.79 Å². The highest BCUT2D eigenvalue weighted by Gasteiger charge is 2.33. The van der Waals surface area contributed by atoms with Gasteiger partial charge in [0, 0.05) is 44.3 Å². The fraction of sp³-hybridized carbons (Fsp3) is 0.440. The van der Waals surface area contributed by atoms with Gasteiger partial charge in [-0.2, -0.15) is 0 Å². The van der Waals surface area contributed by atoms with Crippen LogP contribution in [0.3, 0.4) is 0 Å². The first kappa shape index (κ1) is 25.7. The molecule has 0 radical (unpaired) electrons. The first-order valence-electron chi connectivity index (χ1n) is 11.3. The van der Waals surface area contributed by atoms with E-state index in [-0.39, 0.29) is 18.0 Å². The van der Waals surface area contributed by atoms with Crippen LogP contribution in [0.15, 0.2) is 48.5 Å². The standard InChI is InChI=1S/C25H32N2O6S/c1-5-30-22(28)14-15-27(16-17-31-20-11-7-6-8-12-20)34-26(4)24(29)32-21-13-9-10-19-18-25(2,3)33-23(19)21/h6-13H,5,14-18H2,1-4H3. The molecular weight excluding hydrogens is 456 g/mol. The highest BCUT2D eigenvalue weighted by molar-refractivity contribution is 7.95. The summed E-state index contributed by atoms with van der Waals surface area (Å²) in [6, 6.07) is 15.0. The van der Waals surface area contributed by atoms with Crippen molar-refractivity contribution >= 4 is 24.2 Å². The van der Waals surface area contributed by atoms with Crippen LogP contribution in [0.5, 0.6) is 17.2 Å². The van der Waals surface area contributed by atoms with Gasteiger partial charge in [0.05, 0.1) is 13.0 Å². The van der Waals surface area contributed by atoms with Gasteiger partial charge < -0.3 is 18.9 Å². The highest BCUT2D eigenvalue weighted by Crippen LogP contribution is 2.42. The zero-order valence-corrected chi connectivity index (χ0v) is 20.9. The number of esters is 1. The second-order valence-corrected chi connectivity index (χ2v) is 9.60. The van der Waals surface area contributed by atoms with Crippen LogP contribution in [0.2, 0.25) is 0 Å². The fourth-order valence-electron chi connectivity index (χ4n) is 3.46. The van der Waals surface area contributed by atoms with E-state index in [4.69, 9.17) is 18.9 Å². The molecule has 1 heterocycles.